The molecule has 2 aromatic carbocycles. The molecule has 0 aliphatic heterocycles. The molecule has 0 radical (unpaired) electrons. The maximum atomic E-state index is 14.9. The number of anilines is 2. The molecule has 2 amide bonds. The predicted molar refractivity (Wildman–Crippen MR) is 147 cm³/mol. The quantitative estimate of drug-likeness (QED) is 0.183. The number of carbonyl (C=O) groups is 1. The van der Waals surface area contributed by atoms with Crippen LogP contribution >= 0.6 is 12.2 Å². The van der Waals surface area contributed by atoms with Crippen molar-refractivity contribution >= 4 is 40.9 Å². The number of carbonyl (C=O) groups excluding carboxylic acids is 1. The summed E-state index contributed by atoms with van der Waals surface area (Å²) in [7, 11) is 0. The van der Waals surface area contributed by atoms with Crippen molar-refractivity contribution < 1.29 is 13.9 Å². The van der Waals surface area contributed by atoms with Gasteiger partial charge in [0.1, 0.15) is 22.9 Å². The number of aromatic amines is 2. The molecule has 5 rings (SSSR count). The van der Waals surface area contributed by atoms with Crippen molar-refractivity contribution in [3.8, 4) is 17.2 Å². The number of benzene rings is 2. The van der Waals surface area contributed by atoms with Gasteiger partial charge in [-0.15, -0.1) is 0 Å². The number of ether oxygens (including phenoxy) is 1. The van der Waals surface area contributed by atoms with Crippen LogP contribution in [0.25, 0.3) is 16.9 Å². The van der Waals surface area contributed by atoms with E-state index < -0.39 is 11.8 Å². The number of nitrogens with zero attached hydrogens (tertiary/aromatic N) is 3. The molecule has 0 fully saturated rings. The van der Waals surface area contributed by atoms with E-state index in [2.05, 4.69) is 25.6 Å². The molecule has 0 saturated heterocycles. The summed E-state index contributed by atoms with van der Waals surface area (Å²) in [6, 6.07) is 14.8. The van der Waals surface area contributed by atoms with Gasteiger partial charge in [-0.3, -0.25) is 5.32 Å². The highest BCUT2D eigenvalue weighted by Crippen LogP contribution is 2.30. The number of hydrogen-bond donors (Lipinski definition) is 4. The number of H-pyrrole nitrogens is 2. The van der Waals surface area contributed by atoms with Crippen molar-refractivity contribution in [3.63, 3.8) is 0 Å². The summed E-state index contributed by atoms with van der Waals surface area (Å²) in [4.78, 5) is 22.9. The number of fused-ring (bicyclic) bond motifs is 1. The molecule has 11 heteroatoms. The van der Waals surface area contributed by atoms with E-state index in [9.17, 15) is 9.18 Å². The third-order valence-corrected chi connectivity index (χ3v) is 6.00. The van der Waals surface area contributed by atoms with Crippen molar-refractivity contribution in [2.24, 2.45) is 0 Å². The molecule has 9 nitrogen and oxygen atoms in total. The Morgan fingerprint density at radius 3 is 2.53 bits per heavy atom. The van der Waals surface area contributed by atoms with E-state index in [1.807, 2.05) is 58.0 Å². The Labute approximate surface area is 223 Å². The number of halogens is 1. The standard InChI is InChI=1S/C27H26FN7O2S/c1-15-5-7-16(8-6-15)35-22(14-21(34-35)27(2,3)4)31-25(36)30-19-10-9-17(13-18(19)28)37-20-11-12-29-24-23(20)32-26(38)33-24/h5-14H,1-4H3,(H2,30,31,36)(H2,29,32,33,38). The number of urea groups is 1. The van der Waals surface area contributed by atoms with Gasteiger partial charge >= 0.3 is 6.03 Å². The second kappa shape index (κ2) is 9.75. The van der Waals surface area contributed by atoms with Crippen LogP contribution in [0.3, 0.4) is 0 Å². The van der Waals surface area contributed by atoms with Crippen LogP contribution in [-0.4, -0.2) is 30.8 Å². The lowest BCUT2D eigenvalue weighted by molar-refractivity contribution is 0.262. The molecule has 0 aliphatic carbocycles. The Hall–Kier alpha value is -4.51. The lowest BCUT2D eigenvalue weighted by atomic mass is 9.92. The van der Waals surface area contributed by atoms with Crippen LogP contribution in [-0.2, 0) is 5.41 Å². The van der Waals surface area contributed by atoms with Crippen LogP contribution in [0, 0.1) is 17.5 Å². The molecule has 0 atom stereocenters. The fraction of sp³-hybridized carbons (Fsp3) is 0.185. The molecule has 0 saturated carbocycles. The van der Waals surface area contributed by atoms with Crippen molar-refractivity contribution in [2.45, 2.75) is 33.1 Å². The van der Waals surface area contributed by atoms with Gasteiger partial charge in [0.15, 0.2) is 16.2 Å². The molecule has 3 aromatic heterocycles. The van der Waals surface area contributed by atoms with Crippen molar-refractivity contribution in [3.05, 3.63) is 82.6 Å². The number of rotatable bonds is 5. The minimum absolute atomic E-state index is 0.00628. The number of nitrogens with one attached hydrogen (secondary N) is 4. The molecule has 38 heavy (non-hydrogen) atoms. The summed E-state index contributed by atoms with van der Waals surface area (Å²) >= 11 is 5.10. The van der Waals surface area contributed by atoms with Crippen LogP contribution in [0.2, 0.25) is 0 Å². The van der Waals surface area contributed by atoms with Gasteiger partial charge in [0.25, 0.3) is 0 Å². The first-order chi connectivity index (χ1) is 18.1. The second-order valence-corrected chi connectivity index (χ2v) is 10.3. The number of imidazole rings is 1. The lowest BCUT2D eigenvalue weighted by Crippen LogP contribution is -2.22. The maximum absolute atomic E-state index is 14.9. The predicted octanol–water partition coefficient (Wildman–Crippen LogP) is 6.99. The number of amides is 2. The molecule has 3 heterocycles. The summed E-state index contributed by atoms with van der Waals surface area (Å²) in [6.07, 6.45) is 1.56. The summed E-state index contributed by atoms with van der Waals surface area (Å²) in [5.74, 6) is 0.475. The molecule has 0 spiro atoms. The SMILES string of the molecule is Cc1ccc(-n2nc(C(C)(C)C)cc2NC(=O)Nc2ccc(Oc3ccnc4[nH]c(=S)[nH]c34)cc2F)cc1. The molecule has 4 N–H and O–H groups in total. The number of aromatic nitrogens is 5. The number of pyridine rings is 1. The number of hydrogen-bond acceptors (Lipinski definition) is 5. The normalized spacial score (nSPS) is 11.5. The van der Waals surface area contributed by atoms with Crippen LogP contribution in [0.4, 0.5) is 20.7 Å². The molecular weight excluding hydrogens is 505 g/mol. The maximum Gasteiger partial charge on any atom is 0.324 e. The summed E-state index contributed by atoms with van der Waals surface area (Å²) < 4.78 is 22.8. The van der Waals surface area contributed by atoms with E-state index in [-0.39, 0.29) is 16.9 Å². The van der Waals surface area contributed by atoms with E-state index in [1.165, 1.54) is 12.1 Å². The van der Waals surface area contributed by atoms with Gasteiger partial charge in [-0.1, -0.05) is 38.5 Å². The van der Waals surface area contributed by atoms with Gasteiger partial charge in [0.2, 0.25) is 0 Å². The Kier molecular flexibility index (Phi) is 6.45. The molecule has 194 valence electrons. The molecule has 5 aromatic rings. The monoisotopic (exact) mass is 531 g/mol. The minimum atomic E-state index is -0.660. The Morgan fingerprint density at radius 2 is 1.82 bits per heavy atom. The van der Waals surface area contributed by atoms with E-state index in [0.29, 0.717) is 27.5 Å². The van der Waals surface area contributed by atoms with E-state index in [1.54, 1.807) is 23.0 Å². The highest BCUT2D eigenvalue weighted by Gasteiger charge is 2.22. The minimum Gasteiger partial charge on any atom is -0.455 e. The smallest absolute Gasteiger partial charge is 0.324 e. The molecule has 0 bridgehead atoms. The van der Waals surface area contributed by atoms with Gasteiger partial charge in [-0.05, 0) is 43.4 Å². The first-order valence-corrected chi connectivity index (χ1v) is 12.3. The first-order valence-electron chi connectivity index (χ1n) is 11.9. The Bertz CT molecular complexity index is 1700. The second-order valence-electron chi connectivity index (χ2n) is 9.85. The van der Waals surface area contributed by atoms with Crippen LogP contribution in [0.5, 0.6) is 11.5 Å². The van der Waals surface area contributed by atoms with Crippen LogP contribution in [0.1, 0.15) is 32.0 Å². The van der Waals surface area contributed by atoms with E-state index >= 15 is 0 Å². The summed E-state index contributed by atoms with van der Waals surface area (Å²) in [6.45, 7) is 8.12. The van der Waals surface area contributed by atoms with Gasteiger partial charge in [-0.2, -0.15) is 5.10 Å². The molecular formula is C27H26FN7O2S. The lowest BCUT2D eigenvalue weighted by Gasteiger charge is -2.14. The average molecular weight is 532 g/mol. The van der Waals surface area contributed by atoms with Crippen LogP contribution in [0.15, 0.2) is 60.8 Å². The molecule has 0 unspecified atom stereocenters. The van der Waals surface area contributed by atoms with Crippen LogP contribution < -0.4 is 15.4 Å². The third kappa shape index (κ3) is 5.28. The first kappa shape index (κ1) is 25.2. The fourth-order valence-electron chi connectivity index (χ4n) is 3.77. The van der Waals surface area contributed by atoms with Gasteiger partial charge in [0.05, 0.1) is 17.1 Å². The zero-order valence-electron chi connectivity index (χ0n) is 21.2. The van der Waals surface area contributed by atoms with Gasteiger partial charge in [-0.25, -0.2) is 18.9 Å². The summed E-state index contributed by atoms with van der Waals surface area (Å²) in [5.41, 5.74) is 3.55. The van der Waals surface area contributed by atoms with Crippen molar-refractivity contribution in [1.29, 1.82) is 0 Å². The van der Waals surface area contributed by atoms with Crippen molar-refractivity contribution in [1.82, 2.24) is 24.7 Å². The van der Waals surface area contributed by atoms with E-state index in [0.717, 1.165) is 16.9 Å². The fourth-order valence-corrected chi connectivity index (χ4v) is 3.97. The Balaban J connectivity index is 1.34. The Morgan fingerprint density at radius 1 is 1.05 bits per heavy atom. The largest absolute Gasteiger partial charge is 0.455 e. The summed E-state index contributed by atoms with van der Waals surface area (Å²) in [5, 5.41) is 10.1. The van der Waals surface area contributed by atoms with E-state index in [4.69, 9.17) is 22.1 Å². The number of aryl methyl sites for hydroxylation is 1. The highest BCUT2D eigenvalue weighted by atomic mass is 32.1. The average Bonchev–Trinajstić information content (AvgIpc) is 3.45. The molecule has 0 aliphatic rings. The third-order valence-electron chi connectivity index (χ3n) is 5.80. The highest BCUT2D eigenvalue weighted by molar-refractivity contribution is 7.71. The zero-order valence-corrected chi connectivity index (χ0v) is 22.0. The topological polar surface area (TPSA) is 113 Å². The van der Waals surface area contributed by atoms with Gasteiger partial charge < -0.3 is 20.0 Å². The van der Waals surface area contributed by atoms with Crippen molar-refractivity contribution in [2.75, 3.05) is 10.6 Å². The zero-order chi connectivity index (χ0) is 27.0. The van der Waals surface area contributed by atoms with Gasteiger partial charge in [0, 0.05) is 29.8 Å².